The van der Waals surface area contributed by atoms with E-state index in [1.807, 2.05) is 12.1 Å². The number of ether oxygens (including phenoxy) is 2. The first-order chi connectivity index (χ1) is 12.0. The third kappa shape index (κ3) is 6.00. The van der Waals surface area contributed by atoms with Crippen molar-refractivity contribution in [2.75, 3.05) is 25.1 Å². The molecule has 0 saturated carbocycles. The number of anilines is 1. The van der Waals surface area contributed by atoms with E-state index in [0.29, 0.717) is 37.4 Å². The van der Waals surface area contributed by atoms with Gasteiger partial charge in [-0.05, 0) is 37.1 Å². The fourth-order valence-corrected chi connectivity index (χ4v) is 2.38. The topological polar surface area (TPSA) is 120 Å². The molecule has 1 aromatic rings. The van der Waals surface area contributed by atoms with E-state index in [4.69, 9.17) is 21.1 Å². The second-order valence-electron chi connectivity index (χ2n) is 5.65. The van der Waals surface area contributed by atoms with Gasteiger partial charge in [0.15, 0.2) is 0 Å². The maximum absolute atomic E-state index is 11.3. The van der Waals surface area contributed by atoms with Crippen LogP contribution < -0.4 is 21.6 Å². The summed E-state index contributed by atoms with van der Waals surface area (Å²) in [6, 6.07) is 5.48. The summed E-state index contributed by atoms with van der Waals surface area (Å²) in [5.41, 5.74) is 8.17. The molecule has 0 saturated heterocycles. The quantitative estimate of drug-likeness (QED) is 0.362. The van der Waals surface area contributed by atoms with Crippen LogP contribution in [0.5, 0.6) is 5.75 Å². The first-order valence-corrected chi connectivity index (χ1v) is 8.16. The molecule has 1 aliphatic heterocycles. The number of benzene rings is 1. The SMILES string of the molecule is CCOC(=O)CCN(N)/C=C(\N)COc1ccc2c(c1)CCC(=O)N2. The van der Waals surface area contributed by atoms with Crippen molar-refractivity contribution in [1.82, 2.24) is 5.01 Å². The number of rotatable bonds is 8. The predicted octanol–water partition coefficient (Wildman–Crippen LogP) is 0.879. The van der Waals surface area contributed by atoms with Gasteiger partial charge in [0.25, 0.3) is 0 Å². The number of carbonyl (C=O) groups is 2. The molecule has 0 unspecified atom stereocenters. The van der Waals surface area contributed by atoms with Crippen LogP contribution in [0.4, 0.5) is 5.69 Å². The number of nitrogens with zero attached hydrogens (tertiary/aromatic N) is 1. The molecule has 0 aromatic heterocycles. The zero-order valence-corrected chi connectivity index (χ0v) is 14.3. The van der Waals surface area contributed by atoms with Crippen LogP contribution in [0.25, 0.3) is 0 Å². The lowest BCUT2D eigenvalue weighted by atomic mass is 10.0. The summed E-state index contributed by atoms with van der Waals surface area (Å²) in [5, 5.41) is 4.15. The highest BCUT2D eigenvalue weighted by atomic mass is 16.5. The first-order valence-electron chi connectivity index (χ1n) is 8.16. The van der Waals surface area contributed by atoms with Crippen LogP contribution in [-0.2, 0) is 20.7 Å². The normalized spacial score (nSPS) is 13.7. The van der Waals surface area contributed by atoms with Crippen LogP contribution in [0.2, 0.25) is 0 Å². The summed E-state index contributed by atoms with van der Waals surface area (Å²) >= 11 is 0. The minimum Gasteiger partial charge on any atom is -0.487 e. The summed E-state index contributed by atoms with van der Waals surface area (Å²) in [7, 11) is 0. The van der Waals surface area contributed by atoms with Gasteiger partial charge in [-0.2, -0.15) is 0 Å². The van der Waals surface area contributed by atoms with Crippen LogP contribution in [0, 0.1) is 0 Å². The van der Waals surface area contributed by atoms with Gasteiger partial charge < -0.3 is 25.5 Å². The van der Waals surface area contributed by atoms with Crippen molar-refractivity contribution < 1.29 is 19.1 Å². The summed E-state index contributed by atoms with van der Waals surface area (Å²) < 4.78 is 10.5. The number of hydrazine groups is 1. The molecule has 0 aliphatic carbocycles. The van der Waals surface area contributed by atoms with Gasteiger partial charge in [0.2, 0.25) is 5.91 Å². The third-order valence-electron chi connectivity index (χ3n) is 3.59. The van der Waals surface area contributed by atoms with Gasteiger partial charge >= 0.3 is 5.97 Å². The molecule has 0 radical (unpaired) electrons. The van der Waals surface area contributed by atoms with E-state index in [1.54, 1.807) is 13.0 Å². The highest BCUT2D eigenvalue weighted by Gasteiger charge is 2.15. The number of nitrogens with two attached hydrogens (primary N) is 2. The molecule has 136 valence electrons. The molecule has 0 fully saturated rings. The molecule has 8 nitrogen and oxygen atoms in total. The molecule has 8 heteroatoms. The Morgan fingerprint density at radius 3 is 2.96 bits per heavy atom. The fraction of sp³-hybridized carbons (Fsp3) is 0.412. The Balaban J connectivity index is 1.82. The van der Waals surface area contributed by atoms with Crippen molar-refractivity contribution in [3.05, 3.63) is 35.7 Å². The summed E-state index contributed by atoms with van der Waals surface area (Å²) in [4.78, 5) is 22.6. The van der Waals surface area contributed by atoms with Crippen molar-refractivity contribution in [2.24, 2.45) is 11.6 Å². The van der Waals surface area contributed by atoms with Crippen LogP contribution in [-0.4, -0.2) is 36.6 Å². The van der Waals surface area contributed by atoms with E-state index in [0.717, 1.165) is 11.3 Å². The second-order valence-corrected chi connectivity index (χ2v) is 5.65. The molecule has 0 spiro atoms. The van der Waals surface area contributed by atoms with Crippen molar-refractivity contribution in [3.8, 4) is 5.75 Å². The smallest absolute Gasteiger partial charge is 0.307 e. The second kappa shape index (κ2) is 8.93. The molecule has 1 heterocycles. The lowest BCUT2D eigenvalue weighted by Crippen LogP contribution is -2.30. The third-order valence-corrected chi connectivity index (χ3v) is 3.59. The number of hydrogen-bond donors (Lipinski definition) is 3. The molecular weight excluding hydrogens is 324 g/mol. The van der Waals surface area contributed by atoms with Crippen molar-refractivity contribution in [1.29, 1.82) is 0 Å². The van der Waals surface area contributed by atoms with E-state index in [2.05, 4.69) is 5.32 Å². The van der Waals surface area contributed by atoms with E-state index in [-0.39, 0.29) is 24.9 Å². The minimum atomic E-state index is -0.303. The molecular formula is C17H24N4O4. The van der Waals surface area contributed by atoms with Crippen LogP contribution >= 0.6 is 0 Å². The molecule has 1 aromatic carbocycles. The highest BCUT2D eigenvalue weighted by molar-refractivity contribution is 5.93. The van der Waals surface area contributed by atoms with Crippen molar-refractivity contribution in [2.45, 2.75) is 26.2 Å². The zero-order chi connectivity index (χ0) is 18.2. The van der Waals surface area contributed by atoms with Gasteiger partial charge in [0.1, 0.15) is 12.4 Å². The summed E-state index contributed by atoms with van der Waals surface area (Å²) in [5.74, 6) is 6.16. The van der Waals surface area contributed by atoms with Gasteiger partial charge in [-0.3, -0.25) is 9.59 Å². The summed E-state index contributed by atoms with van der Waals surface area (Å²) in [6.07, 6.45) is 2.87. The minimum absolute atomic E-state index is 0.0270. The molecule has 1 amide bonds. The van der Waals surface area contributed by atoms with Crippen molar-refractivity contribution in [3.63, 3.8) is 0 Å². The Hall–Kier alpha value is -2.74. The zero-order valence-electron chi connectivity index (χ0n) is 14.3. The number of amides is 1. The molecule has 0 bridgehead atoms. The van der Waals surface area contributed by atoms with Crippen LogP contribution in [0.1, 0.15) is 25.3 Å². The molecule has 5 N–H and O–H groups in total. The Morgan fingerprint density at radius 1 is 1.40 bits per heavy atom. The lowest BCUT2D eigenvalue weighted by molar-refractivity contribution is -0.143. The summed E-state index contributed by atoms with van der Waals surface area (Å²) in [6.45, 7) is 2.57. The standard InChI is InChI=1S/C17H24N4O4/c1-2-24-17(23)7-8-21(19)10-13(18)11-25-14-4-5-15-12(9-14)3-6-16(22)20-15/h4-5,9-10H,2-3,6-8,11,18-19H2,1H3,(H,20,22)/b13-10-. The Kier molecular flexibility index (Phi) is 6.64. The van der Waals surface area contributed by atoms with Crippen LogP contribution in [0.3, 0.4) is 0 Å². The van der Waals surface area contributed by atoms with Gasteiger partial charge in [-0.25, -0.2) is 5.84 Å². The van der Waals surface area contributed by atoms with Gasteiger partial charge in [-0.1, -0.05) is 0 Å². The monoisotopic (exact) mass is 348 g/mol. The van der Waals surface area contributed by atoms with E-state index >= 15 is 0 Å². The average molecular weight is 348 g/mol. The number of esters is 1. The fourth-order valence-electron chi connectivity index (χ4n) is 2.38. The number of aryl methyl sites for hydroxylation is 1. The first kappa shape index (κ1) is 18.6. The molecule has 25 heavy (non-hydrogen) atoms. The largest absolute Gasteiger partial charge is 0.487 e. The number of carbonyl (C=O) groups excluding carboxylic acids is 2. The number of fused-ring (bicyclic) bond motifs is 1. The average Bonchev–Trinajstić information content (AvgIpc) is 2.58. The van der Waals surface area contributed by atoms with Crippen LogP contribution in [0.15, 0.2) is 30.1 Å². The molecule has 2 rings (SSSR count). The van der Waals surface area contributed by atoms with Crippen molar-refractivity contribution >= 4 is 17.6 Å². The highest BCUT2D eigenvalue weighted by Crippen LogP contribution is 2.26. The molecule has 1 aliphatic rings. The van der Waals surface area contributed by atoms with Gasteiger partial charge in [-0.15, -0.1) is 0 Å². The maximum atomic E-state index is 11.3. The maximum Gasteiger partial charge on any atom is 0.307 e. The molecule has 0 atom stereocenters. The van der Waals surface area contributed by atoms with Gasteiger partial charge in [0, 0.05) is 24.9 Å². The van der Waals surface area contributed by atoms with E-state index in [9.17, 15) is 9.59 Å². The Bertz CT molecular complexity index is 660. The van der Waals surface area contributed by atoms with Gasteiger partial charge in [0.05, 0.1) is 18.7 Å². The Labute approximate surface area is 146 Å². The number of hydrogen-bond acceptors (Lipinski definition) is 7. The van der Waals surface area contributed by atoms with E-state index in [1.165, 1.54) is 11.2 Å². The number of nitrogens with one attached hydrogen (secondary N) is 1. The predicted molar refractivity (Wildman–Crippen MR) is 93.3 cm³/mol. The lowest BCUT2D eigenvalue weighted by Gasteiger charge is -2.18. The van der Waals surface area contributed by atoms with E-state index < -0.39 is 0 Å². The Morgan fingerprint density at radius 2 is 2.20 bits per heavy atom.